The predicted octanol–water partition coefficient (Wildman–Crippen LogP) is 3.48. The van der Waals surface area contributed by atoms with Crippen LogP contribution < -0.4 is 15.8 Å². The molecule has 0 amide bonds. The normalized spacial score (nSPS) is 14.7. The van der Waals surface area contributed by atoms with Crippen molar-refractivity contribution in [3.05, 3.63) is 77.1 Å². The zero-order valence-electron chi connectivity index (χ0n) is 17.4. The zero-order chi connectivity index (χ0) is 21.2. The number of anilines is 3. The van der Waals surface area contributed by atoms with Gasteiger partial charge in [-0.3, -0.25) is 4.79 Å². The number of nitrogens with one attached hydrogen (secondary N) is 2. The first kappa shape index (κ1) is 19.3. The molecule has 7 heteroatoms. The first-order chi connectivity index (χ1) is 15.2. The van der Waals surface area contributed by atoms with E-state index in [9.17, 15) is 4.79 Å². The molecule has 7 nitrogen and oxygen atoms in total. The fraction of sp³-hybridized carbons (Fsp3) is 0.208. The molecule has 156 valence electrons. The number of fused-ring (bicyclic) bond motifs is 1. The number of aromatic amines is 1. The first-order valence-electron chi connectivity index (χ1n) is 10.4. The number of H-pyrrole nitrogens is 1. The Morgan fingerprint density at radius 2 is 1.61 bits per heavy atom. The van der Waals surface area contributed by atoms with Crippen molar-refractivity contribution in [2.24, 2.45) is 0 Å². The summed E-state index contributed by atoms with van der Waals surface area (Å²) in [7, 11) is 2.16. The topological polar surface area (TPSA) is 77.1 Å². The SMILES string of the molecule is CN1CCN(c2ccc(Nc3nc(-c4ccccc4)c4ccc(=O)[nH]c4n3)cc2)CC1. The van der Waals surface area contributed by atoms with Crippen LogP contribution >= 0.6 is 0 Å². The van der Waals surface area contributed by atoms with Crippen LogP contribution in [-0.4, -0.2) is 53.1 Å². The quantitative estimate of drug-likeness (QED) is 0.534. The maximum absolute atomic E-state index is 11.9. The Labute approximate surface area is 180 Å². The molecule has 1 aliphatic heterocycles. The summed E-state index contributed by atoms with van der Waals surface area (Å²) in [5.41, 5.74) is 4.18. The van der Waals surface area contributed by atoms with Gasteiger partial charge in [0.25, 0.3) is 0 Å². The average Bonchev–Trinajstić information content (AvgIpc) is 2.80. The second-order valence-electron chi connectivity index (χ2n) is 7.81. The maximum atomic E-state index is 11.9. The number of nitrogens with zero attached hydrogens (tertiary/aromatic N) is 4. The van der Waals surface area contributed by atoms with Crippen LogP contribution in [-0.2, 0) is 0 Å². The highest BCUT2D eigenvalue weighted by atomic mass is 16.1. The third kappa shape index (κ3) is 4.13. The molecule has 2 N–H and O–H groups in total. The summed E-state index contributed by atoms with van der Waals surface area (Å²) in [5.74, 6) is 0.445. The first-order valence-corrected chi connectivity index (χ1v) is 10.4. The summed E-state index contributed by atoms with van der Waals surface area (Å²) in [6.45, 7) is 4.21. The van der Waals surface area contributed by atoms with E-state index >= 15 is 0 Å². The van der Waals surface area contributed by atoms with Crippen molar-refractivity contribution in [2.75, 3.05) is 43.4 Å². The van der Waals surface area contributed by atoms with Crippen molar-refractivity contribution in [1.29, 1.82) is 0 Å². The lowest BCUT2D eigenvalue weighted by molar-refractivity contribution is 0.313. The van der Waals surface area contributed by atoms with Gasteiger partial charge in [0.2, 0.25) is 11.5 Å². The summed E-state index contributed by atoms with van der Waals surface area (Å²) in [5, 5.41) is 4.10. The monoisotopic (exact) mass is 412 g/mol. The van der Waals surface area contributed by atoms with Crippen LogP contribution in [0.15, 0.2) is 71.5 Å². The van der Waals surface area contributed by atoms with E-state index in [4.69, 9.17) is 4.98 Å². The number of aromatic nitrogens is 3. The second kappa shape index (κ2) is 8.20. The molecule has 1 aliphatic rings. The minimum atomic E-state index is -0.187. The Bertz CT molecular complexity index is 1240. The number of hydrogen-bond acceptors (Lipinski definition) is 6. The Balaban J connectivity index is 1.46. The van der Waals surface area contributed by atoms with Crippen LogP contribution in [0, 0.1) is 0 Å². The molecule has 5 rings (SSSR count). The highest BCUT2D eigenvalue weighted by Crippen LogP contribution is 2.27. The van der Waals surface area contributed by atoms with Gasteiger partial charge in [0.1, 0.15) is 5.65 Å². The van der Waals surface area contributed by atoms with Crippen molar-refractivity contribution in [2.45, 2.75) is 0 Å². The standard InChI is InChI=1S/C24H24N6O/c1-29-13-15-30(16-14-29)19-9-7-18(8-10-19)25-24-27-22(17-5-3-2-4-6-17)20-11-12-21(31)26-23(20)28-24/h2-12H,13-16H2,1H3,(H2,25,26,27,28,31). The molecule has 4 aromatic rings. The number of hydrogen-bond donors (Lipinski definition) is 2. The lowest BCUT2D eigenvalue weighted by atomic mass is 10.1. The van der Waals surface area contributed by atoms with Gasteiger partial charge in [-0.05, 0) is 37.4 Å². The molecule has 3 heterocycles. The maximum Gasteiger partial charge on any atom is 0.249 e. The van der Waals surface area contributed by atoms with Gasteiger partial charge in [-0.15, -0.1) is 0 Å². The molecule has 0 aliphatic carbocycles. The van der Waals surface area contributed by atoms with Crippen molar-refractivity contribution >= 4 is 28.4 Å². The highest BCUT2D eigenvalue weighted by Gasteiger charge is 2.14. The number of likely N-dealkylation sites (N-methyl/N-ethyl adjacent to an activating group) is 1. The summed E-state index contributed by atoms with van der Waals surface area (Å²) in [4.78, 5) is 28.7. The van der Waals surface area contributed by atoms with Crippen molar-refractivity contribution in [3.8, 4) is 11.3 Å². The Kier molecular flexibility index (Phi) is 5.09. The number of pyridine rings is 1. The van der Waals surface area contributed by atoms with E-state index in [-0.39, 0.29) is 5.56 Å². The minimum absolute atomic E-state index is 0.187. The molecular weight excluding hydrogens is 388 g/mol. The lowest BCUT2D eigenvalue weighted by Crippen LogP contribution is -2.44. The second-order valence-corrected chi connectivity index (χ2v) is 7.81. The smallest absolute Gasteiger partial charge is 0.249 e. The molecule has 2 aromatic heterocycles. The molecule has 1 fully saturated rings. The van der Waals surface area contributed by atoms with E-state index < -0.39 is 0 Å². The van der Waals surface area contributed by atoms with E-state index in [0.29, 0.717) is 11.6 Å². The molecule has 2 aromatic carbocycles. The largest absolute Gasteiger partial charge is 0.369 e. The molecule has 1 saturated heterocycles. The summed E-state index contributed by atoms with van der Waals surface area (Å²) < 4.78 is 0. The van der Waals surface area contributed by atoms with Crippen molar-refractivity contribution < 1.29 is 0 Å². The third-order valence-corrected chi connectivity index (χ3v) is 5.63. The van der Waals surface area contributed by atoms with Crippen LogP contribution in [0.4, 0.5) is 17.3 Å². The van der Waals surface area contributed by atoms with Crippen LogP contribution in [0.5, 0.6) is 0 Å². The van der Waals surface area contributed by atoms with Gasteiger partial charge in [0.05, 0.1) is 5.69 Å². The number of benzene rings is 2. The third-order valence-electron chi connectivity index (χ3n) is 5.63. The molecule has 0 saturated carbocycles. The molecule has 0 atom stereocenters. The Morgan fingerprint density at radius 3 is 2.35 bits per heavy atom. The summed E-state index contributed by atoms with van der Waals surface area (Å²) in [6.07, 6.45) is 0. The predicted molar refractivity (Wildman–Crippen MR) is 125 cm³/mol. The van der Waals surface area contributed by atoms with E-state index in [1.165, 1.54) is 11.8 Å². The van der Waals surface area contributed by atoms with Crippen LogP contribution in [0.3, 0.4) is 0 Å². The van der Waals surface area contributed by atoms with E-state index in [0.717, 1.165) is 48.5 Å². The van der Waals surface area contributed by atoms with Crippen molar-refractivity contribution in [3.63, 3.8) is 0 Å². The van der Waals surface area contributed by atoms with Gasteiger partial charge < -0.3 is 20.1 Å². The van der Waals surface area contributed by atoms with Gasteiger partial charge in [-0.25, -0.2) is 4.98 Å². The number of piperazine rings is 1. The Morgan fingerprint density at radius 1 is 0.871 bits per heavy atom. The van der Waals surface area contributed by atoms with Crippen LogP contribution in [0.2, 0.25) is 0 Å². The molecule has 31 heavy (non-hydrogen) atoms. The van der Waals surface area contributed by atoms with E-state index in [1.807, 2.05) is 42.5 Å². The molecular formula is C24H24N6O. The summed E-state index contributed by atoms with van der Waals surface area (Å²) >= 11 is 0. The molecule has 0 spiro atoms. The van der Waals surface area contributed by atoms with Crippen LogP contribution in [0.25, 0.3) is 22.3 Å². The number of rotatable bonds is 4. The van der Waals surface area contributed by atoms with Gasteiger partial charge in [0, 0.05) is 54.6 Å². The van der Waals surface area contributed by atoms with Gasteiger partial charge in [-0.2, -0.15) is 4.98 Å². The minimum Gasteiger partial charge on any atom is -0.369 e. The van der Waals surface area contributed by atoms with Gasteiger partial charge in [-0.1, -0.05) is 30.3 Å². The van der Waals surface area contributed by atoms with Gasteiger partial charge in [0.15, 0.2) is 0 Å². The lowest BCUT2D eigenvalue weighted by Gasteiger charge is -2.34. The molecule has 0 radical (unpaired) electrons. The molecule has 0 unspecified atom stereocenters. The molecule has 0 bridgehead atoms. The summed E-state index contributed by atoms with van der Waals surface area (Å²) in [6, 6.07) is 21.5. The van der Waals surface area contributed by atoms with Crippen LogP contribution in [0.1, 0.15) is 0 Å². The zero-order valence-corrected chi connectivity index (χ0v) is 17.4. The fourth-order valence-electron chi connectivity index (χ4n) is 3.86. The van der Waals surface area contributed by atoms with Crippen molar-refractivity contribution in [1.82, 2.24) is 19.9 Å². The average molecular weight is 412 g/mol. The van der Waals surface area contributed by atoms with E-state index in [1.54, 1.807) is 6.07 Å². The van der Waals surface area contributed by atoms with E-state index in [2.05, 4.69) is 44.3 Å². The highest BCUT2D eigenvalue weighted by molar-refractivity contribution is 5.91. The fourth-order valence-corrected chi connectivity index (χ4v) is 3.86. The Hall–Kier alpha value is -3.71. The van der Waals surface area contributed by atoms with Gasteiger partial charge >= 0.3 is 0 Å².